The van der Waals surface area contributed by atoms with Crippen molar-refractivity contribution < 1.29 is 22.8 Å². The van der Waals surface area contributed by atoms with E-state index >= 15 is 0 Å². The van der Waals surface area contributed by atoms with Gasteiger partial charge >= 0.3 is 6.18 Å². The van der Waals surface area contributed by atoms with Gasteiger partial charge in [-0.05, 0) is 43.0 Å². The van der Waals surface area contributed by atoms with Crippen LogP contribution < -0.4 is 4.90 Å². The molecule has 190 valence electrons. The highest BCUT2D eigenvalue weighted by Gasteiger charge is 2.43. The molecule has 3 aliphatic heterocycles. The number of amides is 1. The van der Waals surface area contributed by atoms with Gasteiger partial charge in [-0.25, -0.2) is 4.98 Å². The van der Waals surface area contributed by atoms with Crippen molar-refractivity contribution in [1.82, 2.24) is 9.88 Å². The number of anilines is 1. The zero-order valence-corrected chi connectivity index (χ0v) is 20.0. The van der Waals surface area contributed by atoms with Gasteiger partial charge in [-0.3, -0.25) is 4.79 Å². The monoisotopic (exact) mass is 498 g/mol. The number of halogens is 3. The smallest absolute Gasteiger partial charge is 0.388 e. The van der Waals surface area contributed by atoms with Gasteiger partial charge in [-0.15, -0.1) is 0 Å². The SMILES string of the molecule is O=C(/C=C/c1ccc(C(F)(F)F)nc1N1CCCCC1)N1CCC2(CC1)CC(c1ccccc1)=NO2. The highest BCUT2D eigenvalue weighted by molar-refractivity contribution is 6.01. The average molecular weight is 499 g/mol. The molecule has 2 fully saturated rings. The molecule has 9 heteroatoms. The van der Waals surface area contributed by atoms with E-state index in [0.29, 0.717) is 51.0 Å². The summed E-state index contributed by atoms with van der Waals surface area (Å²) in [6.07, 6.45) is 3.45. The number of rotatable bonds is 4. The molecule has 0 radical (unpaired) electrons. The molecule has 4 heterocycles. The summed E-state index contributed by atoms with van der Waals surface area (Å²) in [7, 11) is 0. The number of hydrogen-bond acceptors (Lipinski definition) is 5. The van der Waals surface area contributed by atoms with E-state index in [2.05, 4.69) is 10.1 Å². The van der Waals surface area contributed by atoms with Gasteiger partial charge in [0.2, 0.25) is 5.91 Å². The predicted molar refractivity (Wildman–Crippen MR) is 132 cm³/mol. The Kier molecular flexibility index (Phi) is 6.73. The number of piperidine rings is 2. The number of aromatic nitrogens is 1. The second-order valence-corrected chi connectivity index (χ2v) is 9.67. The standard InChI is InChI=1S/C27H29F3N4O2/c28-27(29,30)23-11-9-21(25(31-23)34-15-5-2-6-16-34)10-12-24(35)33-17-13-26(14-18-33)19-22(32-36-26)20-7-3-1-4-8-20/h1,3-4,7-12H,2,5-6,13-19H2/b12-10+. The molecule has 0 aliphatic carbocycles. The van der Waals surface area contributed by atoms with Crippen LogP contribution in [0.4, 0.5) is 19.0 Å². The van der Waals surface area contributed by atoms with E-state index in [1.165, 1.54) is 12.1 Å². The molecule has 36 heavy (non-hydrogen) atoms. The molecule has 2 aromatic rings. The van der Waals surface area contributed by atoms with Crippen LogP contribution in [0.1, 0.15) is 55.3 Å². The van der Waals surface area contributed by atoms with Gasteiger partial charge in [0, 0.05) is 57.1 Å². The number of oxime groups is 1. The third-order valence-electron chi connectivity index (χ3n) is 7.19. The summed E-state index contributed by atoms with van der Waals surface area (Å²) in [4.78, 5) is 26.4. The summed E-state index contributed by atoms with van der Waals surface area (Å²) in [5.41, 5.74) is 1.19. The zero-order chi connectivity index (χ0) is 25.2. The number of pyridine rings is 1. The minimum atomic E-state index is -4.52. The average Bonchev–Trinajstić information content (AvgIpc) is 3.31. The van der Waals surface area contributed by atoms with Crippen molar-refractivity contribution in [2.24, 2.45) is 5.16 Å². The molecular formula is C27H29F3N4O2. The lowest BCUT2D eigenvalue weighted by Crippen LogP contribution is -2.46. The van der Waals surface area contributed by atoms with Gasteiger partial charge in [0.1, 0.15) is 17.1 Å². The number of carbonyl (C=O) groups is 1. The van der Waals surface area contributed by atoms with Crippen molar-refractivity contribution in [1.29, 1.82) is 0 Å². The van der Waals surface area contributed by atoms with Crippen LogP contribution >= 0.6 is 0 Å². The van der Waals surface area contributed by atoms with E-state index in [0.717, 1.165) is 36.6 Å². The predicted octanol–water partition coefficient (Wildman–Crippen LogP) is 5.29. The Morgan fingerprint density at radius 2 is 1.69 bits per heavy atom. The van der Waals surface area contributed by atoms with Crippen molar-refractivity contribution >= 4 is 23.5 Å². The first-order chi connectivity index (χ1) is 17.3. The topological polar surface area (TPSA) is 58.0 Å². The summed E-state index contributed by atoms with van der Waals surface area (Å²) in [6, 6.07) is 12.3. The van der Waals surface area contributed by atoms with Crippen LogP contribution in [-0.2, 0) is 15.8 Å². The quantitative estimate of drug-likeness (QED) is 0.538. The Morgan fingerprint density at radius 3 is 2.39 bits per heavy atom. The Hall–Kier alpha value is -3.36. The highest BCUT2D eigenvalue weighted by Crippen LogP contribution is 2.36. The maximum atomic E-state index is 13.3. The van der Waals surface area contributed by atoms with Crippen LogP contribution in [0.2, 0.25) is 0 Å². The Balaban J connectivity index is 1.24. The number of carbonyl (C=O) groups excluding carboxylic acids is 1. The molecule has 5 rings (SSSR count). The second kappa shape index (κ2) is 9.95. The first-order valence-corrected chi connectivity index (χ1v) is 12.4. The van der Waals surface area contributed by atoms with E-state index in [1.807, 2.05) is 35.2 Å². The normalized spacial score (nSPS) is 20.0. The van der Waals surface area contributed by atoms with Gasteiger partial charge in [-0.1, -0.05) is 35.5 Å². The third kappa shape index (κ3) is 5.24. The Labute approximate surface area is 208 Å². The van der Waals surface area contributed by atoms with E-state index < -0.39 is 11.9 Å². The number of benzene rings is 1. The van der Waals surface area contributed by atoms with Crippen molar-refractivity contribution in [3.8, 4) is 0 Å². The minimum Gasteiger partial charge on any atom is -0.388 e. The van der Waals surface area contributed by atoms with Gasteiger partial charge in [0.25, 0.3) is 0 Å². The molecule has 6 nitrogen and oxygen atoms in total. The maximum Gasteiger partial charge on any atom is 0.433 e. The molecule has 2 saturated heterocycles. The molecule has 0 unspecified atom stereocenters. The molecule has 3 aliphatic rings. The number of alkyl halides is 3. The number of nitrogens with zero attached hydrogens (tertiary/aromatic N) is 4. The number of hydrogen-bond donors (Lipinski definition) is 0. The molecule has 1 spiro atoms. The first kappa shape index (κ1) is 24.3. The van der Waals surface area contributed by atoms with Gasteiger partial charge < -0.3 is 14.6 Å². The fourth-order valence-electron chi connectivity index (χ4n) is 5.08. The first-order valence-electron chi connectivity index (χ1n) is 12.4. The lowest BCUT2D eigenvalue weighted by molar-refractivity contribution is -0.141. The molecule has 0 saturated carbocycles. The summed E-state index contributed by atoms with van der Waals surface area (Å²) in [5.74, 6) is 0.118. The van der Waals surface area contributed by atoms with Gasteiger partial charge in [0.05, 0.1) is 5.71 Å². The van der Waals surface area contributed by atoms with E-state index in [-0.39, 0.29) is 17.3 Å². The maximum absolute atomic E-state index is 13.3. The fourth-order valence-corrected chi connectivity index (χ4v) is 5.08. The third-order valence-corrected chi connectivity index (χ3v) is 7.19. The summed E-state index contributed by atoms with van der Waals surface area (Å²) in [6.45, 7) is 2.38. The summed E-state index contributed by atoms with van der Waals surface area (Å²) < 4.78 is 39.9. The second-order valence-electron chi connectivity index (χ2n) is 9.67. The van der Waals surface area contributed by atoms with E-state index in [4.69, 9.17) is 4.84 Å². The lowest BCUT2D eigenvalue weighted by atomic mass is 9.85. The van der Waals surface area contributed by atoms with Gasteiger partial charge in [0.15, 0.2) is 0 Å². The number of likely N-dealkylation sites (tertiary alicyclic amines) is 1. The Morgan fingerprint density at radius 1 is 0.972 bits per heavy atom. The molecule has 1 amide bonds. The summed E-state index contributed by atoms with van der Waals surface area (Å²) >= 11 is 0. The van der Waals surface area contributed by atoms with Crippen molar-refractivity contribution in [2.45, 2.75) is 50.3 Å². The van der Waals surface area contributed by atoms with Crippen LogP contribution in [0.5, 0.6) is 0 Å². The molecule has 0 atom stereocenters. The van der Waals surface area contributed by atoms with E-state index in [1.54, 1.807) is 11.0 Å². The van der Waals surface area contributed by atoms with E-state index in [9.17, 15) is 18.0 Å². The van der Waals surface area contributed by atoms with Crippen LogP contribution in [0.25, 0.3) is 6.08 Å². The zero-order valence-electron chi connectivity index (χ0n) is 20.0. The van der Waals surface area contributed by atoms with Crippen LogP contribution in [0.3, 0.4) is 0 Å². The lowest BCUT2D eigenvalue weighted by Gasteiger charge is -2.36. The van der Waals surface area contributed by atoms with Crippen molar-refractivity contribution in [3.63, 3.8) is 0 Å². The van der Waals surface area contributed by atoms with Crippen molar-refractivity contribution in [2.75, 3.05) is 31.1 Å². The van der Waals surface area contributed by atoms with Gasteiger partial charge in [-0.2, -0.15) is 13.2 Å². The van der Waals surface area contributed by atoms with Crippen LogP contribution in [-0.4, -0.2) is 53.3 Å². The Bertz CT molecular complexity index is 1150. The van der Waals surface area contributed by atoms with Crippen molar-refractivity contribution in [3.05, 3.63) is 65.4 Å². The minimum absolute atomic E-state index is 0.170. The molecule has 0 bridgehead atoms. The largest absolute Gasteiger partial charge is 0.433 e. The highest BCUT2D eigenvalue weighted by atomic mass is 19.4. The molecule has 1 aromatic heterocycles. The molecule has 0 N–H and O–H groups in total. The molecular weight excluding hydrogens is 469 g/mol. The fraction of sp³-hybridized carbons (Fsp3) is 0.444. The molecule has 1 aromatic carbocycles. The summed E-state index contributed by atoms with van der Waals surface area (Å²) in [5, 5.41) is 4.31. The van der Waals surface area contributed by atoms with Crippen LogP contribution in [0, 0.1) is 0 Å². The van der Waals surface area contributed by atoms with Crippen LogP contribution in [0.15, 0.2) is 53.7 Å².